The number of carbonyl (C=O) groups is 2. The molecule has 3 aromatic carbocycles. The van der Waals surface area contributed by atoms with Gasteiger partial charge in [-0.3, -0.25) is 9.59 Å². The standard InChI is InChI=1S/C27H29FN4O2/c1-20-6-8-21(9-7-20)18-30-27(34)24-4-2-3-5-25(24)29-19-26(33)32-16-14-31(15-17-32)23-12-10-22(28)11-13-23/h2-13,29H,14-19H2,1H3,(H,30,34). The highest BCUT2D eigenvalue weighted by Gasteiger charge is 2.21. The van der Waals surface area contributed by atoms with E-state index < -0.39 is 0 Å². The minimum Gasteiger partial charge on any atom is -0.376 e. The molecule has 2 N–H and O–H groups in total. The van der Waals surface area contributed by atoms with Crippen LogP contribution in [0.15, 0.2) is 72.8 Å². The molecule has 0 radical (unpaired) electrons. The first kappa shape index (κ1) is 23.3. The molecule has 0 aliphatic carbocycles. The summed E-state index contributed by atoms with van der Waals surface area (Å²) < 4.78 is 13.2. The lowest BCUT2D eigenvalue weighted by molar-refractivity contribution is -0.129. The van der Waals surface area contributed by atoms with Gasteiger partial charge in [-0.1, -0.05) is 42.0 Å². The van der Waals surface area contributed by atoms with Gasteiger partial charge >= 0.3 is 0 Å². The van der Waals surface area contributed by atoms with Crippen molar-refractivity contribution in [3.8, 4) is 0 Å². The number of hydrogen-bond donors (Lipinski definition) is 2. The van der Waals surface area contributed by atoms with Crippen LogP contribution in [0.25, 0.3) is 0 Å². The SMILES string of the molecule is Cc1ccc(CNC(=O)c2ccccc2NCC(=O)N2CCN(c3ccc(F)cc3)CC2)cc1. The summed E-state index contributed by atoms with van der Waals surface area (Å²) in [7, 11) is 0. The summed E-state index contributed by atoms with van der Waals surface area (Å²) in [6.45, 7) is 5.14. The fourth-order valence-corrected chi connectivity index (χ4v) is 3.97. The summed E-state index contributed by atoms with van der Waals surface area (Å²) in [6.07, 6.45) is 0. The Labute approximate surface area is 199 Å². The molecule has 2 amide bonds. The van der Waals surface area contributed by atoms with Crippen molar-refractivity contribution in [1.29, 1.82) is 0 Å². The first-order valence-electron chi connectivity index (χ1n) is 11.4. The summed E-state index contributed by atoms with van der Waals surface area (Å²) in [5.74, 6) is -0.467. The van der Waals surface area contributed by atoms with Gasteiger partial charge in [-0.05, 0) is 48.9 Å². The molecule has 0 atom stereocenters. The van der Waals surface area contributed by atoms with Crippen LogP contribution < -0.4 is 15.5 Å². The maximum atomic E-state index is 13.2. The van der Waals surface area contributed by atoms with Crippen LogP contribution in [0.3, 0.4) is 0 Å². The zero-order valence-corrected chi connectivity index (χ0v) is 19.3. The van der Waals surface area contributed by atoms with Crippen molar-refractivity contribution in [3.63, 3.8) is 0 Å². The highest BCUT2D eigenvalue weighted by atomic mass is 19.1. The number of benzene rings is 3. The van der Waals surface area contributed by atoms with Crippen molar-refractivity contribution in [1.82, 2.24) is 10.2 Å². The molecule has 34 heavy (non-hydrogen) atoms. The second kappa shape index (κ2) is 10.8. The van der Waals surface area contributed by atoms with Crippen molar-refractivity contribution in [3.05, 3.63) is 95.3 Å². The van der Waals surface area contributed by atoms with Crippen LogP contribution in [0.1, 0.15) is 21.5 Å². The van der Waals surface area contributed by atoms with Crippen molar-refractivity contribution in [2.75, 3.05) is 42.9 Å². The van der Waals surface area contributed by atoms with E-state index in [2.05, 4.69) is 15.5 Å². The summed E-state index contributed by atoms with van der Waals surface area (Å²) in [5, 5.41) is 6.09. The van der Waals surface area contributed by atoms with Crippen LogP contribution in [0.4, 0.5) is 15.8 Å². The number of para-hydroxylation sites is 1. The quantitative estimate of drug-likeness (QED) is 0.563. The third kappa shape index (κ3) is 5.92. The van der Waals surface area contributed by atoms with Gasteiger partial charge in [-0.2, -0.15) is 0 Å². The fourth-order valence-electron chi connectivity index (χ4n) is 3.97. The smallest absolute Gasteiger partial charge is 0.253 e. The lowest BCUT2D eigenvalue weighted by atomic mass is 10.1. The second-order valence-electron chi connectivity index (χ2n) is 8.41. The molecule has 7 heteroatoms. The van der Waals surface area contributed by atoms with Crippen LogP contribution >= 0.6 is 0 Å². The van der Waals surface area contributed by atoms with Crippen molar-refractivity contribution in [2.24, 2.45) is 0 Å². The minimum absolute atomic E-state index is 0.0198. The average Bonchev–Trinajstić information content (AvgIpc) is 2.87. The Balaban J connectivity index is 1.29. The normalized spacial score (nSPS) is 13.5. The van der Waals surface area contributed by atoms with Gasteiger partial charge in [0.25, 0.3) is 5.91 Å². The Morgan fingerprint density at radius 3 is 2.26 bits per heavy atom. The molecular formula is C27H29FN4O2. The molecule has 1 aliphatic rings. The van der Waals surface area contributed by atoms with Crippen LogP contribution in [0, 0.1) is 12.7 Å². The number of carbonyl (C=O) groups excluding carboxylic acids is 2. The molecule has 0 saturated carbocycles. The third-order valence-electron chi connectivity index (χ3n) is 6.00. The van der Waals surface area contributed by atoms with Crippen molar-refractivity contribution >= 4 is 23.2 Å². The zero-order chi connectivity index (χ0) is 23.9. The van der Waals surface area contributed by atoms with E-state index in [0.29, 0.717) is 44.0 Å². The number of nitrogens with zero attached hydrogens (tertiary/aromatic N) is 2. The molecule has 4 rings (SSSR count). The number of hydrogen-bond acceptors (Lipinski definition) is 4. The molecule has 3 aromatic rings. The lowest BCUT2D eigenvalue weighted by Gasteiger charge is -2.36. The van der Waals surface area contributed by atoms with E-state index in [0.717, 1.165) is 11.3 Å². The Morgan fingerprint density at radius 2 is 1.56 bits per heavy atom. The van der Waals surface area contributed by atoms with Crippen molar-refractivity contribution in [2.45, 2.75) is 13.5 Å². The van der Waals surface area contributed by atoms with E-state index in [9.17, 15) is 14.0 Å². The second-order valence-corrected chi connectivity index (χ2v) is 8.41. The van der Waals surface area contributed by atoms with E-state index >= 15 is 0 Å². The topological polar surface area (TPSA) is 64.7 Å². The molecule has 1 heterocycles. The maximum absolute atomic E-state index is 13.2. The van der Waals surface area contributed by atoms with Crippen LogP contribution in [0.5, 0.6) is 0 Å². The molecule has 1 fully saturated rings. The summed E-state index contributed by atoms with van der Waals surface area (Å²) in [4.78, 5) is 29.5. The number of rotatable bonds is 7. The molecule has 0 unspecified atom stereocenters. The number of nitrogens with one attached hydrogen (secondary N) is 2. The summed E-state index contributed by atoms with van der Waals surface area (Å²) >= 11 is 0. The minimum atomic E-state index is -0.257. The lowest BCUT2D eigenvalue weighted by Crippen LogP contribution is -2.50. The molecule has 1 saturated heterocycles. The molecule has 176 valence electrons. The van der Waals surface area contributed by atoms with Gasteiger partial charge in [0, 0.05) is 44.1 Å². The number of piperazine rings is 1. The number of anilines is 2. The highest BCUT2D eigenvalue weighted by Crippen LogP contribution is 2.18. The fraction of sp³-hybridized carbons (Fsp3) is 0.259. The van der Waals surface area contributed by atoms with E-state index in [1.807, 2.05) is 48.2 Å². The van der Waals surface area contributed by atoms with Gasteiger partial charge in [0.05, 0.1) is 12.1 Å². The van der Waals surface area contributed by atoms with E-state index in [1.165, 1.54) is 17.7 Å². The van der Waals surface area contributed by atoms with Crippen LogP contribution in [-0.4, -0.2) is 49.4 Å². The van der Waals surface area contributed by atoms with Gasteiger partial charge in [0.1, 0.15) is 5.82 Å². The van der Waals surface area contributed by atoms with E-state index in [1.54, 1.807) is 24.3 Å². The monoisotopic (exact) mass is 460 g/mol. The summed E-state index contributed by atoms with van der Waals surface area (Å²) in [6, 6.07) is 21.6. The van der Waals surface area contributed by atoms with Gasteiger partial charge in [-0.15, -0.1) is 0 Å². The van der Waals surface area contributed by atoms with Crippen molar-refractivity contribution < 1.29 is 14.0 Å². The first-order valence-corrected chi connectivity index (χ1v) is 11.4. The Hall–Kier alpha value is -3.87. The third-order valence-corrected chi connectivity index (χ3v) is 6.00. The Morgan fingerprint density at radius 1 is 0.882 bits per heavy atom. The van der Waals surface area contributed by atoms with Gasteiger partial charge in [0.2, 0.25) is 5.91 Å². The number of aryl methyl sites for hydroxylation is 1. The van der Waals surface area contributed by atoms with E-state index in [-0.39, 0.29) is 24.2 Å². The molecule has 0 aromatic heterocycles. The van der Waals surface area contributed by atoms with Crippen LogP contribution in [0.2, 0.25) is 0 Å². The predicted octanol–water partition coefficient (Wildman–Crippen LogP) is 3.82. The molecule has 0 spiro atoms. The Kier molecular flexibility index (Phi) is 7.42. The molecular weight excluding hydrogens is 431 g/mol. The Bertz CT molecular complexity index is 1120. The van der Waals surface area contributed by atoms with Gasteiger partial charge in [0.15, 0.2) is 0 Å². The largest absolute Gasteiger partial charge is 0.376 e. The first-order chi connectivity index (χ1) is 16.5. The maximum Gasteiger partial charge on any atom is 0.253 e. The van der Waals surface area contributed by atoms with E-state index in [4.69, 9.17) is 0 Å². The molecule has 0 bridgehead atoms. The molecule has 6 nitrogen and oxygen atoms in total. The highest BCUT2D eigenvalue weighted by molar-refractivity contribution is 6.00. The average molecular weight is 461 g/mol. The van der Waals surface area contributed by atoms with Gasteiger partial charge < -0.3 is 20.4 Å². The van der Waals surface area contributed by atoms with Gasteiger partial charge in [-0.25, -0.2) is 4.39 Å². The molecule has 1 aliphatic heterocycles. The van der Waals surface area contributed by atoms with Crippen LogP contribution in [-0.2, 0) is 11.3 Å². The summed E-state index contributed by atoms with van der Waals surface area (Å²) in [5.41, 5.74) is 4.29. The predicted molar refractivity (Wildman–Crippen MR) is 132 cm³/mol. The zero-order valence-electron chi connectivity index (χ0n) is 19.3. The number of amides is 2. The number of halogens is 1.